The maximum absolute atomic E-state index is 12.9. The molecule has 0 aliphatic rings. The van der Waals surface area contributed by atoms with Gasteiger partial charge in [-0.05, 0) is 6.92 Å². The zero-order valence-electron chi connectivity index (χ0n) is 11.0. The average Bonchev–Trinajstić information content (AvgIpc) is 2.34. The van der Waals surface area contributed by atoms with Crippen LogP contribution in [0.25, 0.3) is 0 Å². The van der Waals surface area contributed by atoms with Crippen molar-refractivity contribution in [2.75, 3.05) is 6.61 Å². The van der Waals surface area contributed by atoms with Crippen LogP contribution >= 0.6 is 0 Å². The van der Waals surface area contributed by atoms with Gasteiger partial charge in [-0.25, -0.2) is 9.78 Å². The number of hydrogen-bond donors (Lipinski definition) is 1. The van der Waals surface area contributed by atoms with Crippen molar-refractivity contribution in [3.05, 3.63) is 23.0 Å². The van der Waals surface area contributed by atoms with Crippen LogP contribution in [-0.2, 0) is 17.5 Å². The molecule has 0 bridgehead atoms. The third kappa shape index (κ3) is 4.48. The molecule has 1 aromatic heterocycles. The molecular weight excluding hydrogens is 322 g/mol. The molecule has 2 N–H and O–H groups in total. The highest BCUT2D eigenvalue weighted by Crippen LogP contribution is 2.40. The van der Waals surface area contributed by atoms with Crippen molar-refractivity contribution < 1.29 is 40.6 Å². The standard InChI is InChI=1S/C11H10F6N2O3/c1-2-21-9(20)5-3-7(22-11(15,16)17)8(10(12,13)14)6(4-18)19-5/h3H,2,4,18H2,1H3. The Hall–Kier alpha value is -2.04. The van der Waals surface area contributed by atoms with E-state index in [-0.39, 0.29) is 12.7 Å². The van der Waals surface area contributed by atoms with Crippen molar-refractivity contribution in [3.8, 4) is 5.75 Å². The SMILES string of the molecule is CCOC(=O)c1cc(OC(F)(F)F)c(C(F)(F)F)c(CN)n1. The van der Waals surface area contributed by atoms with Gasteiger partial charge >= 0.3 is 18.5 Å². The minimum atomic E-state index is -5.39. The van der Waals surface area contributed by atoms with Gasteiger partial charge < -0.3 is 15.2 Å². The highest BCUT2D eigenvalue weighted by molar-refractivity contribution is 5.88. The number of rotatable bonds is 4. The quantitative estimate of drug-likeness (QED) is 0.678. The molecule has 0 atom stereocenters. The lowest BCUT2D eigenvalue weighted by molar-refractivity contribution is -0.276. The number of ether oxygens (including phenoxy) is 2. The lowest BCUT2D eigenvalue weighted by Crippen LogP contribution is -2.24. The summed E-state index contributed by atoms with van der Waals surface area (Å²) in [7, 11) is 0. The predicted octanol–water partition coefficient (Wildman–Crippen LogP) is 2.63. The molecule has 1 rings (SSSR count). The molecular formula is C11H10F6N2O3. The fourth-order valence-corrected chi connectivity index (χ4v) is 1.54. The van der Waals surface area contributed by atoms with Crippen LogP contribution in [0.3, 0.4) is 0 Å². The van der Waals surface area contributed by atoms with Gasteiger partial charge in [0.1, 0.15) is 11.3 Å². The van der Waals surface area contributed by atoms with Crippen LogP contribution in [0.2, 0.25) is 0 Å². The minimum Gasteiger partial charge on any atom is -0.461 e. The molecule has 0 aliphatic carbocycles. The number of carbonyl (C=O) groups is 1. The summed E-state index contributed by atoms with van der Waals surface area (Å²) in [6.07, 6.45) is -10.6. The van der Waals surface area contributed by atoms with Crippen LogP contribution in [0.15, 0.2) is 6.07 Å². The van der Waals surface area contributed by atoms with Crippen LogP contribution < -0.4 is 10.5 Å². The highest BCUT2D eigenvalue weighted by atomic mass is 19.4. The first kappa shape index (κ1) is 18.0. The van der Waals surface area contributed by atoms with Gasteiger partial charge in [-0.2, -0.15) is 13.2 Å². The van der Waals surface area contributed by atoms with Crippen molar-refractivity contribution in [3.63, 3.8) is 0 Å². The molecule has 0 radical (unpaired) electrons. The number of carbonyl (C=O) groups excluding carboxylic acids is 1. The zero-order valence-corrected chi connectivity index (χ0v) is 11.0. The molecule has 0 saturated carbocycles. The Morgan fingerprint density at radius 1 is 1.27 bits per heavy atom. The minimum absolute atomic E-state index is 0.144. The van der Waals surface area contributed by atoms with E-state index in [2.05, 4.69) is 14.5 Å². The smallest absolute Gasteiger partial charge is 0.461 e. The summed E-state index contributed by atoms with van der Waals surface area (Å²) in [6, 6.07) is 0.216. The molecule has 0 unspecified atom stereocenters. The van der Waals surface area contributed by atoms with Crippen LogP contribution in [0, 0.1) is 0 Å². The molecule has 0 aromatic carbocycles. The topological polar surface area (TPSA) is 74.4 Å². The van der Waals surface area contributed by atoms with Crippen LogP contribution in [0.1, 0.15) is 28.7 Å². The average molecular weight is 332 g/mol. The fraction of sp³-hybridized carbons (Fsp3) is 0.455. The van der Waals surface area contributed by atoms with Gasteiger partial charge in [-0.15, -0.1) is 13.2 Å². The van der Waals surface area contributed by atoms with E-state index in [9.17, 15) is 31.1 Å². The lowest BCUT2D eigenvalue weighted by Gasteiger charge is -2.18. The van der Waals surface area contributed by atoms with Gasteiger partial charge in [0, 0.05) is 12.6 Å². The molecule has 22 heavy (non-hydrogen) atoms. The van der Waals surface area contributed by atoms with Crippen molar-refractivity contribution in [1.29, 1.82) is 0 Å². The summed E-state index contributed by atoms with van der Waals surface area (Å²) in [5.41, 5.74) is 1.55. The Morgan fingerprint density at radius 2 is 1.86 bits per heavy atom. The second kappa shape index (κ2) is 6.38. The summed E-state index contributed by atoms with van der Waals surface area (Å²) in [5.74, 6) is -2.81. The van der Waals surface area contributed by atoms with E-state index < -0.39 is 47.8 Å². The summed E-state index contributed by atoms with van der Waals surface area (Å²) in [5, 5.41) is 0. The number of esters is 1. The number of halogens is 6. The molecule has 1 aromatic rings. The van der Waals surface area contributed by atoms with E-state index in [0.29, 0.717) is 0 Å². The number of nitrogens with zero attached hydrogens (tertiary/aromatic N) is 1. The first-order valence-corrected chi connectivity index (χ1v) is 5.73. The fourth-order valence-electron chi connectivity index (χ4n) is 1.54. The Morgan fingerprint density at radius 3 is 2.27 bits per heavy atom. The predicted molar refractivity (Wildman–Crippen MR) is 59.8 cm³/mol. The zero-order chi connectivity index (χ0) is 17.1. The van der Waals surface area contributed by atoms with Gasteiger partial charge in [0.2, 0.25) is 0 Å². The van der Waals surface area contributed by atoms with Gasteiger partial charge in [0.15, 0.2) is 5.69 Å². The lowest BCUT2D eigenvalue weighted by atomic mass is 10.1. The van der Waals surface area contributed by atoms with E-state index in [1.807, 2.05) is 0 Å². The van der Waals surface area contributed by atoms with E-state index in [0.717, 1.165) is 0 Å². The Bertz CT molecular complexity index is 556. The van der Waals surface area contributed by atoms with E-state index in [1.165, 1.54) is 6.92 Å². The molecule has 0 amide bonds. The summed E-state index contributed by atoms with van der Waals surface area (Å²) in [6.45, 7) is 0.407. The molecule has 124 valence electrons. The largest absolute Gasteiger partial charge is 0.573 e. The summed E-state index contributed by atoms with van der Waals surface area (Å²) < 4.78 is 83.3. The highest BCUT2D eigenvalue weighted by Gasteiger charge is 2.42. The number of aromatic nitrogens is 1. The van der Waals surface area contributed by atoms with Crippen molar-refractivity contribution >= 4 is 5.97 Å². The Labute approximate surface area is 120 Å². The molecule has 5 nitrogen and oxygen atoms in total. The maximum atomic E-state index is 12.9. The van der Waals surface area contributed by atoms with Gasteiger partial charge in [0.25, 0.3) is 0 Å². The van der Waals surface area contributed by atoms with Gasteiger partial charge in [-0.1, -0.05) is 0 Å². The second-order valence-electron chi connectivity index (χ2n) is 3.80. The maximum Gasteiger partial charge on any atom is 0.573 e. The van der Waals surface area contributed by atoms with Crippen molar-refractivity contribution in [1.82, 2.24) is 4.98 Å². The normalized spacial score (nSPS) is 12.2. The molecule has 11 heteroatoms. The molecule has 1 heterocycles. The van der Waals surface area contributed by atoms with Crippen molar-refractivity contribution in [2.24, 2.45) is 5.73 Å². The van der Waals surface area contributed by atoms with Gasteiger partial charge in [-0.3, -0.25) is 0 Å². The van der Waals surface area contributed by atoms with Crippen LogP contribution in [0.5, 0.6) is 5.75 Å². The van der Waals surface area contributed by atoms with E-state index in [1.54, 1.807) is 0 Å². The second-order valence-corrected chi connectivity index (χ2v) is 3.80. The van der Waals surface area contributed by atoms with Crippen molar-refractivity contribution in [2.45, 2.75) is 26.0 Å². The Kier molecular flexibility index (Phi) is 5.22. The number of pyridine rings is 1. The Balaban J connectivity index is 3.52. The third-order valence-electron chi connectivity index (χ3n) is 2.25. The number of alkyl halides is 6. The monoisotopic (exact) mass is 332 g/mol. The first-order valence-electron chi connectivity index (χ1n) is 5.73. The molecule has 0 spiro atoms. The van der Waals surface area contributed by atoms with Gasteiger partial charge in [0.05, 0.1) is 12.3 Å². The number of hydrogen-bond acceptors (Lipinski definition) is 5. The summed E-state index contributed by atoms with van der Waals surface area (Å²) in [4.78, 5) is 14.7. The molecule has 0 aliphatic heterocycles. The van der Waals surface area contributed by atoms with E-state index in [4.69, 9.17) is 5.73 Å². The van der Waals surface area contributed by atoms with Crippen LogP contribution in [0.4, 0.5) is 26.3 Å². The number of nitrogens with two attached hydrogens (primary N) is 1. The van der Waals surface area contributed by atoms with Crippen LogP contribution in [-0.4, -0.2) is 23.9 Å². The molecule has 0 fully saturated rings. The van der Waals surface area contributed by atoms with E-state index >= 15 is 0 Å². The third-order valence-corrected chi connectivity index (χ3v) is 2.25. The summed E-state index contributed by atoms with van der Waals surface area (Å²) >= 11 is 0. The molecule has 0 saturated heterocycles. The first-order chi connectivity index (χ1) is 9.99.